The zero-order valence-electron chi connectivity index (χ0n) is 6.70. The normalized spacial score (nSPS) is 9.79. The number of rotatable bonds is 2. The van der Waals surface area contributed by atoms with E-state index < -0.39 is 11.8 Å². The van der Waals surface area contributed by atoms with Crippen molar-refractivity contribution in [2.45, 2.75) is 0 Å². The quantitative estimate of drug-likeness (QED) is 0.438. The Bertz CT molecular complexity index is 366. The molecule has 0 radical (unpaired) electrons. The molecule has 0 spiro atoms. The second kappa shape index (κ2) is 6.01. The van der Waals surface area contributed by atoms with Crippen LogP contribution in [-0.2, 0) is 4.79 Å². The van der Waals surface area contributed by atoms with E-state index in [1.165, 1.54) is 24.3 Å². The van der Waals surface area contributed by atoms with Crippen LogP contribution in [0.2, 0.25) is 0 Å². The first kappa shape index (κ1) is 13.4. The molecule has 1 aromatic carbocycles. The van der Waals surface area contributed by atoms with Crippen LogP contribution in [-0.4, -0.2) is 48.8 Å². The summed E-state index contributed by atoms with van der Waals surface area (Å²) in [7, 11) is 0. The number of nitrogens with two attached hydrogens (primary N) is 1. The van der Waals surface area contributed by atoms with Crippen molar-refractivity contribution in [1.29, 1.82) is 0 Å². The molecular weight excluding hydrogens is 213 g/mol. The van der Waals surface area contributed by atoms with Gasteiger partial charge in [-0.1, -0.05) is 6.07 Å². The van der Waals surface area contributed by atoms with Gasteiger partial charge in [-0.3, -0.25) is 0 Å². The third kappa shape index (κ3) is 4.09. The first-order valence-corrected chi connectivity index (χ1v) is 3.55. The van der Waals surface area contributed by atoms with Gasteiger partial charge in [0.2, 0.25) is 0 Å². The SMILES string of the molecule is Nc1ccc(C=CC(=O)O)cc1F.[CaH2]. The Morgan fingerprint density at radius 3 is 2.64 bits per heavy atom. The molecule has 1 rings (SSSR count). The van der Waals surface area contributed by atoms with Crippen molar-refractivity contribution in [3.8, 4) is 0 Å². The van der Waals surface area contributed by atoms with Crippen LogP contribution in [0.3, 0.4) is 0 Å². The van der Waals surface area contributed by atoms with E-state index in [-0.39, 0.29) is 43.4 Å². The molecule has 0 fully saturated rings. The zero-order valence-corrected chi connectivity index (χ0v) is 6.70. The van der Waals surface area contributed by atoms with Crippen molar-refractivity contribution in [2.75, 3.05) is 5.73 Å². The van der Waals surface area contributed by atoms with Gasteiger partial charge in [-0.2, -0.15) is 0 Å². The Morgan fingerprint density at radius 2 is 2.14 bits per heavy atom. The molecule has 0 atom stereocenters. The Hall–Kier alpha value is -0.580. The molecule has 3 N–H and O–H groups in total. The molecule has 3 nitrogen and oxygen atoms in total. The van der Waals surface area contributed by atoms with Gasteiger partial charge in [-0.05, 0) is 23.8 Å². The molecule has 0 saturated heterocycles. The summed E-state index contributed by atoms with van der Waals surface area (Å²) in [5.74, 6) is -1.62. The van der Waals surface area contributed by atoms with Crippen LogP contribution in [0, 0.1) is 5.82 Å². The van der Waals surface area contributed by atoms with Gasteiger partial charge < -0.3 is 10.8 Å². The number of halogens is 1. The van der Waals surface area contributed by atoms with E-state index in [9.17, 15) is 9.18 Å². The maximum atomic E-state index is 12.8. The summed E-state index contributed by atoms with van der Waals surface area (Å²) < 4.78 is 12.8. The number of nitrogen functional groups attached to an aromatic ring is 1. The molecule has 0 heterocycles. The summed E-state index contributed by atoms with van der Waals surface area (Å²) in [6, 6.07) is 4.10. The van der Waals surface area contributed by atoms with Crippen molar-refractivity contribution in [1.82, 2.24) is 0 Å². The van der Waals surface area contributed by atoms with Gasteiger partial charge in [0.25, 0.3) is 0 Å². The summed E-state index contributed by atoms with van der Waals surface area (Å²) in [6.45, 7) is 0. The van der Waals surface area contributed by atoms with E-state index in [1.54, 1.807) is 0 Å². The Morgan fingerprint density at radius 1 is 1.50 bits per heavy atom. The predicted molar refractivity (Wildman–Crippen MR) is 56.0 cm³/mol. The van der Waals surface area contributed by atoms with Gasteiger partial charge in [-0.25, -0.2) is 9.18 Å². The number of benzene rings is 1. The van der Waals surface area contributed by atoms with Gasteiger partial charge in [0.05, 0.1) is 5.69 Å². The summed E-state index contributed by atoms with van der Waals surface area (Å²) in [6.07, 6.45) is 2.23. The van der Waals surface area contributed by atoms with Crippen molar-refractivity contribution in [2.24, 2.45) is 0 Å². The van der Waals surface area contributed by atoms with Crippen LogP contribution >= 0.6 is 0 Å². The van der Waals surface area contributed by atoms with Gasteiger partial charge in [0.15, 0.2) is 0 Å². The van der Waals surface area contributed by atoms with Gasteiger partial charge in [0.1, 0.15) is 5.82 Å². The molecular formula is C9H10CaFNO2. The van der Waals surface area contributed by atoms with E-state index in [4.69, 9.17) is 10.8 Å². The van der Waals surface area contributed by atoms with Crippen LogP contribution in [0.1, 0.15) is 5.56 Å². The number of carbonyl (C=O) groups is 1. The van der Waals surface area contributed by atoms with Crippen LogP contribution in [0.5, 0.6) is 0 Å². The summed E-state index contributed by atoms with van der Waals surface area (Å²) in [5, 5.41) is 8.29. The second-order valence-corrected chi connectivity index (χ2v) is 2.45. The van der Waals surface area contributed by atoms with E-state index in [0.29, 0.717) is 5.56 Å². The van der Waals surface area contributed by atoms with Gasteiger partial charge >= 0.3 is 43.7 Å². The Kier molecular flexibility index (Phi) is 5.76. The van der Waals surface area contributed by atoms with Crippen LogP contribution in [0.15, 0.2) is 24.3 Å². The Labute approximate surface area is 110 Å². The molecule has 14 heavy (non-hydrogen) atoms. The average Bonchev–Trinajstić information content (AvgIpc) is 2.07. The second-order valence-electron chi connectivity index (χ2n) is 2.45. The van der Waals surface area contributed by atoms with E-state index in [1.807, 2.05) is 0 Å². The fourth-order valence-corrected chi connectivity index (χ4v) is 0.815. The average molecular weight is 223 g/mol. The molecule has 0 unspecified atom stereocenters. The first-order chi connectivity index (χ1) is 6.09. The minimum absolute atomic E-state index is 0. The molecule has 0 aliphatic heterocycles. The fourth-order valence-electron chi connectivity index (χ4n) is 0.815. The van der Waals surface area contributed by atoms with Crippen molar-refractivity contribution >= 4 is 55.5 Å². The van der Waals surface area contributed by atoms with Crippen molar-refractivity contribution in [3.05, 3.63) is 35.7 Å². The van der Waals surface area contributed by atoms with Gasteiger partial charge in [0, 0.05) is 6.08 Å². The molecule has 0 aromatic heterocycles. The minimum atomic E-state index is -1.07. The van der Waals surface area contributed by atoms with Crippen LogP contribution in [0.25, 0.3) is 6.08 Å². The molecule has 0 amide bonds. The van der Waals surface area contributed by atoms with E-state index >= 15 is 0 Å². The topological polar surface area (TPSA) is 63.3 Å². The predicted octanol–water partition coefficient (Wildman–Crippen LogP) is 0.589. The number of carboxylic acids is 1. The van der Waals surface area contributed by atoms with Crippen LogP contribution in [0.4, 0.5) is 10.1 Å². The maximum absolute atomic E-state index is 12.8. The van der Waals surface area contributed by atoms with Crippen LogP contribution < -0.4 is 5.73 Å². The monoisotopic (exact) mass is 223 g/mol. The summed E-state index contributed by atoms with van der Waals surface area (Å²) in [4.78, 5) is 10.1. The Balaban J connectivity index is 0.00000169. The molecule has 1 aromatic rings. The molecule has 0 saturated carbocycles. The molecule has 0 aliphatic rings. The summed E-state index contributed by atoms with van der Waals surface area (Å²) in [5.41, 5.74) is 5.74. The molecule has 72 valence electrons. The zero-order chi connectivity index (χ0) is 9.84. The molecule has 0 bridgehead atoms. The van der Waals surface area contributed by atoms with E-state index in [0.717, 1.165) is 6.08 Å². The number of anilines is 1. The third-order valence-electron chi connectivity index (χ3n) is 1.44. The van der Waals surface area contributed by atoms with Crippen molar-refractivity contribution in [3.63, 3.8) is 0 Å². The standard InChI is InChI=1S/C9H8FNO2.Ca.2H/c10-7-5-6(1-3-8(7)11)2-4-9(12)13;;;/h1-5H,11H2,(H,12,13);;;. The number of hydrogen-bond donors (Lipinski definition) is 2. The van der Waals surface area contributed by atoms with Crippen molar-refractivity contribution < 1.29 is 14.3 Å². The molecule has 0 aliphatic carbocycles. The summed E-state index contributed by atoms with van der Waals surface area (Å²) >= 11 is 0. The fraction of sp³-hybridized carbons (Fsp3) is 0. The third-order valence-corrected chi connectivity index (χ3v) is 1.44. The number of carboxylic acid groups (broad SMARTS) is 1. The number of aliphatic carboxylic acids is 1. The van der Waals surface area contributed by atoms with E-state index in [2.05, 4.69) is 0 Å². The first-order valence-electron chi connectivity index (χ1n) is 3.55. The molecule has 5 heteroatoms. The van der Waals surface area contributed by atoms with Gasteiger partial charge in [-0.15, -0.1) is 0 Å². The number of hydrogen-bond acceptors (Lipinski definition) is 2.